The van der Waals surface area contributed by atoms with E-state index in [1.807, 2.05) is 50.2 Å². The number of esters is 1. The minimum absolute atomic E-state index is 0.0846. The fourth-order valence-electron chi connectivity index (χ4n) is 3.24. The number of nitriles is 1. The number of rotatable bonds is 9. The van der Waals surface area contributed by atoms with Crippen LogP contribution in [0, 0.1) is 21.8 Å². The molecule has 0 fully saturated rings. The number of methoxy groups -OCH3 is 1. The van der Waals surface area contributed by atoms with Gasteiger partial charge in [0.1, 0.15) is 18.2 Å². The van der Waals surface area contributed by atoms with Gasteiger partial charge in [-0.3, -0.25) is 4.79 Å². The Kier molecular flexibility index (Phi) is 9.47. The van der Waals surface area contributed by atoms with Gasteiger partial charge in [-0.1, -0.05) is 29.8 Å². The van der Waals surface area contributed by atoms with Crippen LogP contribution in [0.25, 0.3) is 6.08 Å². The largest absolute Gasteiger partial charge is 0.490 e. The molecule has 1 amide bonds. The van der Waals surface area contributed by atoms with E-state index in [9.17, 15) is 14.9 Å². The van der Waals surface area contributed by atoms with Gasteiger partial charge in [-0.15, -0.1) is 0 Å². The summed E-state index contributed by atoms with van der Waals surface area (Å²) < 4.78 is 17.3. The zero-order valence-corrected chi connectivity index (χ0v) is 22.3. The van der Waals surface area contributed by atoms with Crippen LogP contribution in [0.2, 0.25) is 0 Å². The zero-order valence-electron chi connectivity index (χ0n) is 20.1. The molecular weight excluding hydrogens is 571 g/mol. The molecule has 0 aliphatic carbocycles. The Bertz CT molecular complexity index is 1310. The third kappa shape index (κ3) is 7.09. The van der Waals surface area contributed by atoms with Crippen LogP contribution in [-0.4, -0.2) is 25.6 Å². The lowest BCUT2D eigenvalue weighted by Crippen LogP contribution is -2.13. The van der Waals surface area contributed by atoms with Gasteiger partial charge in [0.15, 0.2) is 11.5 Å². The Morgan fingerprint density at radius 3 is 2.36 bits per heavy atom. The van der Waals surface area contributed by atoms with Crippen molar-refractivity contribution in [1.82, 2.24) is 0 Å². The molecule has 0 aromatic heterocycles. The van der Waals surface area contributed by atoms with Crippen molar-refractivity contribution in [2.75, 3.05) is 19.0 Å². The topological polar surface area (TPSA) is 97.7 Å². The van der Waals surface area contributed by atoms with Crippen LogP contribution in [0.4, 0.5) is 5.69 Å². The van der Waals surface area contributed by atoms with Crippen LogP contribution in [0.3, 0.4) is 0 Å². The molecule has 3 aromatic rings. The van der Waals surface area contributed by atoms with E-state index in [1.54, 1.807) is 18.2 Å². The molecule has 0 aliphatic rings. The number of carbonyl (C=O) groups is 2. The van der Waals surface area contributed by atoms with Crippen molar-refractivity contribution >= 4 is 46.2 Å². The Morgan fingerprint density at radius 2 is 1.75 bits per heavy atom. The second-order valence-corrected chi connectivity index (χ2v) is 8.89. The number of nitrogens with one attached hydrogen (secondary N) is 1. The van der Waals surface area contributed by atoms with Gasteiger partial charge in [-0.2, -0.15) is 5.26 Å². The van der Waals surface area contributed by atoms with Crippen LogP contribution in [0.15, 0.2) is 66.2 Å². The number of anilines is 1. The minimum atomic E-state index is -0.573. The summed E-state index contributed by atoms with van der Waals surface area (Å²) in [6.45, 7) is 4.71. The number of aryl methyl sites for hydroxylation is 1. The summed E-state index contributed by atoms with van der Waals surface area (Å²) in [5, 5.41) is 12.3. The first-order chi connectivity index (χ1) is 17.3. The Labute approximate surface area is 223 Å². The van der Waals surface area contributed by atoms with Crippen molar-refractivity contribution < 1.29 is 23.8 Å². The molecule has 0 saturated carbocycles. The normalized spacial score (nSPS) is 10.8. The van der Waals surface area contributed by atoms with Crippen molar-refractivity contribution in [1.29, 1.82) is 5.26 Å². The molecule has 0 unspecified atom stereocenters. The number of hydrogen-bond donors (Lipinski definition) is 1. The average Bonchev–Trinajstić information content (AvgIpc) is 2.88. The van der Waals surface area contributed by atoms with E-state index in [0.717, 1.165) is 9.13 Å². The summed E-state index contributed by atoms with van der Waals surface area (Å²) in [5.74, 6) is 0.0788. The fourth-order valence-corrected chi connectivity index (χ4v) is 4.02. The lowest BCUT2D eigenvalue weighted by molar-refractivity contribution is -0.112. The molecule has 0 aliphatic heterocycles. The molecule has 0 heterocycles. The molecule has 0 radical (unpaired) electrons. The van der Waals surface area contributed by atoms with Crippen molar-refractivity contribution in [3.05, 3.63) is 92.1 Å². The van der Waals surface area contributed by atoms with E-state index in [1.165, 1.54) is 30.9 Å². The predicted molar refractivity (Wildman–Crippen MR) is 146 cm³/mol. The summed E-state index contributed by atoms with van der Waals surface area (Å²) in [4.78, 5) is 24.3. The number of hydrogen-bond acceptors (Lipinski definition) is 6. The highest BCUT2D eigenvalue weighted by Crippen LogP contribution is 2.35. The molecule has 8 heteroatoms. The summed E-state index contributed by atoms with van der Waals surface area (Å²) >= 11 is 2.15. The lowest BCUT2D eigenvalue weighted by Gasteiger charge is -2.15. The highest BCUT2D eigenvalue weighted by atomic mass is 127. The first-order valence-electron chi connectivity index (χ1n) is 11.1. The second kappa shape index (κ2) is 12.7. The molecular formula is C28H25IN2O5. The Morgan fingerprint density at radius 1 is 1.06 bits per heavy atom. The van der Waals surface area contributed by atoms with Crippen molar-refractivity contribution in [3.63, 3.8) is 0 Å². The molecule has 184 valence electrons. The summed E-state index contributed by atoms with van der Waals surface area (Å²) in [6, 6.07) is 19.8. The van der Waals surface area contributed by atoms with E-state index in [0.29, 0.717) is 41.5 Å². The first kappa shape index (κ1) is 26.8. The SMILES string of the molecule is CCOc1cc(/C=C(\C#N)C(=O)Nc2ccc(C(=O)OC)cc2)cc(I)c1OCc1ccc(C)cc1. The van der Waals surface area contributed by atoms with Crippen LogP contribution >= 0.6 is 22.6 Å². The maximum absolute atomic E-state index is 12.7. The highest BCUT2D eigenvalue weighted by Gasteiger charge is 2.15. The van der Waals surface area contributed by atoms with Crippen LogP contribution in [0.1, 0.15) is 34.0 Å². The summed E-state index contributed by atoms with van der Waals surface area (Å²) in [6.07, 6.45) is 1.49. The number of benzene rings is 3. The predicted octanol–water partition coefficient (Wildman–Crippen LogP) is 5.91. The maximum atomic E-state index is 12.7. The van der Waals surface area contributed by atoms with Gasteiger partial charge in [0.05, 0.1) is 22.9 Å². The van der Waals surface area contributed by atoms with Crippen molar-refractivity contribution in [3.8, 4) is 17.6 Å². The third-order valence-corrected chi connectivity index (χ3v) is 5.88. The van der Waals surface area contributed by atoms with Gasteiger partial charge >= 0.3 is 5.97 Å². The van der Waals surface area contributed by atoms with E-state index in [-0.39, 0.29) is 5.57 Å². The van der Waals surface area contributed by atoms with Crippen molar-refractivity contribution in [2.24, 2.45) is 0 Å². The van der Waals surface area contributed by atoms with E-state index in [4.69, 9.17) is 9.47 Å². The van der Waals surface area contributed by atoms with Gasteiger partial charge in [0, 0.05) is 5.69 Å². The number of nitrogens with zero attached hydrogens (tertiary/aromatic N) is 1. The highest BCUT2D eigenvalue weighted by molar-refractivity contribution is 14.1. The smallest absolute Gasteiger partial charge is 0.337 e. The molecule has 0 atom stereocenters. The first-order valence-corrected chi connectivity index (χ1v) is 12.2. The average molecular weight is 596 g/mol. The van der Waals surface area contributed by atoms with E-state index >= 15 is 0 Å². The molecule has 0 saturated heterocycles. The number of carbonyl (C=O) groups excluding carboxylic acids is 2. The second-order valence-electron chi connectivity index (χ2n) is 7.73. The lowest BCUT2D eigenvalue weighted by atomic mass is 10.1. The summed E-state index contributed by atoms with van der Waals surface area (Å²) in [7, 11) is 1.29. The zero-order chi connectivity index (χ0) is 26.1. The van der Waals surface area contributed by atoms with Crippen LogP contribution in [0.5, 0.6) is 11.5 Å². The van der Waals surface area contributed by atoms with E-state index in [2.05, 4.69) is 32.6 Å². The number of halogens is 1. The Balaban J connectivity index is 1.80. The van der Waals surface area contributed by atoms with Gasteiger partial charge in [0.2, 0.25) is 0 Å². The van der Waals surface area contributed by atoms with E-state index < -0.39 is 11.9 Å². The molecule has 3 rings (SSSR count). The number of amides is 1. The van der Waals surface area contributed by atoms with Gasteiger partial charge in [-0.05, 0) is 90.0 Å². The molecule has 0 bridgehead atoms. The quantitative estimate of drug-likeness (QED) is 0.143. The van der Waals surface area contributed by atoms with Gasteiger partial charge in [0.25, 0.3) is 5.91 Å². The van der Waals surface area contributed by atoms with Crippen LogP contribution in [-0.2, 0) is 16.1 Å². The Hall–Kier alpha value is -3.84. The number of ether oxygens (including phenoxy) is 3. The molecule has 36 heavy (non-hydrogen) atoms. The molecule has 0 spiro atoms. The third-order valence-electron chi connectivity index (χ3n) is 5.08. The standard InChI is InChI=1S/C28H25IN2O5/c1-4-35-25-15-20(14-24(29)26(25)36-17-19-7-5-18(2)6-8-19)13-22(16-30)27(32)31-23-11-9-21(10-12-23)28(33)34-3/h5-15H,4,17H2,1-3H3,(H,31,32)/b22-13+. The molecule has 3 aromatic carbocycles. The fraction of sp³-hybridized carbons (Fsp3) is 0.179. The minimum Gasteiger partial charge on any atom is -0.490 e. The monoisotopic (exact) mass is 596 g/mol. The van der Waals surface area contributed by atoms with Gasteiger partial charge < -0.3 is 19.5 Å². The molecule has 1 N–H and O–H groups in total. The van der Waals surface area contributed by atoms with Gasteiger partial charge in [-0.25, -0.2) is 4.79 Å². The maximum Gasteiger partial charge on any atom is 0.337 e. The molecule has 7 nitrogen and oxygen atoms in total. The van der Waals surface area contributed by atoms with Crippen LogP contribution < -0.4 is 14.8 Å². The van der Waals surface area contributed by atoms with Crippen molar-refractivity contribution in [2.45, 2.75) is 20.5 Å². The summed E-state index contributed by atoms with van der Waals surface area (Å²) in [5.41, 5.74) is 3.55.